The second kappa shape index (κ2) is 2.70. The van der Waals surface area contributed by atoms with Crippen LogP contribution >= 0.6 is 0 Å². The van der Waals surface area contributed by atoms with E-state index < -0.39 is 0 Å². The summed E-state index contributed by atoms with van der Waals surface area (Å²) in [5.41, 5.74) is 0.328. The summed E-state index contributed by atoms with van der Waals surface area (Å²) in [4.78, 5) is 18.0. The third kappa shape index (κ3) is 1.05. The number of hydrogen-bond acceptors (Lipinski definition) is 3. The van der Waals surface area contributed by atoms with E-state index in [1.54, 1.807) is 30.9 Å². The number of rotatable bonds is 1. The lowest BCUT2D eigenvalue weighted by atomic mass is 10.2. The molecule has 0 amide bonds. The van der Waals surface area contributed by atoms with E-state index in [1.165, 1.54) is 0 Å². The molecule has 0 aliphatic rings. The third-order valence-electron chi connectivity index (χ3n) is 1.63. The minimum atomic E-state index is 0.328. The van der Waals surface area contributed by atoms with Gasteiger partial charge in [-0.05, 0) is 17.5 Å². The Labute approximate surface area is 69.1 Å². The molecule has 0 saturated carbocycles. The summed E-state index contributed by atoms with van der Waals surface area (Å²) >= 11 is 0. The summed E-state index contributed by atoms with van der Waals surface area (Å²) in [6, 6.07) is 3.52. The van der Waals surface area contributed by atoms with Crippen LogP contribution < -0.4 is 0 Å². The average molecular weight is 157 g/mol. The van der Waals surface area contributed by atoms with Gasteiger partial charge in [0, 0.05) is 24.0 Å². The molecule has 0 aliphatic carbocycles. The average Bonchev–Trinajstić information content (AvgIpc) is 2.17. The lowest BCUT2D eigenvalue weighted by molar-refractivity contribution is 0.561. The molecule has 0 atom stereocenters. The molecule has 3 nitrogen and oxygen atoms in total. The standard InChI is InChI=1S/C9H5N2O/c12-6-9-3-7-1-2-10-4-8(7)5-11-9/h1-5H. The second-order valence-electron chi connectivity index (χ2n) is 2.39. The van der Waals surface area contributed by atoms with Crippen LogP contribution in [0, 0.1) is 0 Å². The minimum Gasteiger partial charge on any atom is -0.283 e. The van der Waals surface area contributed by atoms with E-state index in [4.69, 9.17) is 0 Å². The number of fused-ring (bicyclic) bond motifs is 1. The van der Waals surface area contributed by atoms with Crippen molar-refractivity contribution >= 4 is 17.1 Å². The van der Waals surface area contributed by atoms with Gasteiger partial charge >= 0.3 is 0 Å². The van der Waals surface area contributed by atoms with Gasteiger partial charge in [-0.15, -0.1) is 0 Å². The van der Waals surface area contributed by atoms with E-state index in [0.717, 1.165) is 10.8 Å². The van der Waals surface area contributed by atoms with Crippen LogP contribution in [-0.4, -0.2) is 16.3 Å². The summed E-state index contributed by atoms with van der Waals surface area (Å²) < 4.78 is 0. The Balaban J connectivity index is 2.75. The number of nitrogens with zero attached hydrogens (tertiary/aromatic N) is 2. The molecular formula is C9H5N2O. The predicted molar refractivity (Wildman–Crippen MR) is 44.3 cm³/mol. The smallest absolute Gasteiger partial charge is 0.253 e. The molecule has 1 radical (unpaired) electrons. The Bertz CT molecular complexity index is 426. The molecule has 57 valence electrons. The first-order valence-corrected chi connectivity index (χ1v) is 3.48. The zero-order chi connectivity index (χ0) is 8.39. The van der Waals surface area contributed by atoms with Crippen molar-refractivity contribution in [3.8, 4) is 0 Å². The highest BCUT2D eigenvalue weighted by atomic mass is 16.1. The highest BCUT2D eigenvalue weighted by Gasteiger charge is 1.95. The molecule has 0 aromatic carbocycles. The highest BCUT2D eigenvalue weighted by molar-refractivity contribution is 5.85. The monoisotopic (exact) mass is 157 g/mol. The van der Waals surface area contributed by atoms with Gasteiger partial charge in [-0.2, -0.15) is 0 Å². The van der Waals surface area contributed by atoms with Gasteiger partial charge in [0.15, 0.2) is 0 Å². The fraction of sp³-hybridized carbons (Fsp3) is 0. The van der Waals surface area contributed by atoms with Crippen LogP contribution in [-0.2, 0) is 4.79 Å². The maximum atomic E-state index is 10.2. The van der Waals surface area contributed by atoms with Crippen molar-refractivity contribution in [3.63, 3.8) is 0 Å². The number of aromatic nitrogens is 2. The normalized spacial score (nSPS) is 10.0. The molecule has 0 saturated heterocycles. The molecular weight excluding hydrogens is 152 g/mol. The summed E-state index contributed by atoms with van der Waals surface area (Å²) in [5.74, 6) is 0. The summed E-state index contributed by atoms with van der Waals surface area (Å²) in [6.07, 6.45) is 6.73. The molecule has 2 aromatic rings. The molecule has 12 heavy (non-hydrogen) atoms. The summed E-state index contributed by atoms with van der Waals surface area (Å²) in [7, 11) is 0. The van der Waals surface area contributed by atoms with Gasteiger partial charge in [-0.3, -0.25) is 14.8 Å². The SMILES string of the molecule is O=[C]c1cc2ccncc2cn1. The molecule has 3 heteroatoms. The van der Waals surface area contributed by atoms with Crippen LogP contribution in [0.3, 0.4) is 0 Å². The van der Waals surface area contributed by atoms with Gasteiger partial charge in [0.1, 0.15) is 5.69 Å². The van der Waals surface area contributed by atoms with Gasteiger partial charge in [-0.1, -0.05) is 0 Å². The topological polar surface area (TPSA) is 42.9 Å². The van der Waals surface area contributed by atoms with Crippen molar-refractivity contribution in [1.29, 1.82) is 0 Å². The largest absolute Gasteiger partial charge is 0.283 e. The zero-order valence-electron chi connectivity index (χ0n) is 6.19. The van der Waals surface area contributed by atoms with Crippen LogP contribution in [0.5, 0.6) is 0 Å². The minimum absolute atomic E-state index is 0.328. The Kier molecular flexibility index (Phi) is 1.55. The molecule has 2 rings (SSSR count). The van der Waals surface area contributed by atoms with E-state index in [9.17, 15) is 4.79 Å². The van der Waals surface area contributed by atoms with Crippen molar-refractivity contribution in [2.75, 3.05) is 0 Å². The molecule has 0 N–H and O–H groups in total. The first-order chi connectivity index (χ1) is 5.90. The van der Waals surface area contributed by atoms with Crippen molar-refractivity contribution in [2.45, 2.75) is 0 Å². The predicted octanol–water partition coefficient (Wildman–Crippen LogP) is 1.09. The maximum absolute atomic E-state index is 10.2. The second-order valence-corrected chi connectivity index (χ2v) is 2.39. The highest BCUT2D eigenvalue weighted by Crippen LogP contribution is 2.10. The molecule has 0 spiro atoms. The zero-order valence-corrected chi connectivity index (χ0v) is 6.19. The summed E-state index contributed by atoms with van der Waals surface area (Å²) in [6.45, 7) is 0. The number of pyridine rings is 2. The van der Waals surface area contributed by atoms with Crippen molar-refractivity contribution in [2.24, 2.45) is 0 Å². The van der Waals surface area contributed by atoms with Gasteiger partial charge < -0.3 is 0 Å². The molecule has 0 fully saturated rings. The molecule has 2 heterocycles. The number of carbonyl (C=O) groups excluding carboxylic acids is 1. The van der Waals surface area contributed by atoms with E-state index in [0.29, 0.717) is 5.69 Å². The van der Waals surface area contributed by atoms with Crippen molar-refractivity contribution in [3.05, 3.63) is 36.4 Å². The van der Waals surface area contributed by atoms with Crippen molar-refractivity contribution < 1.29 is 4.79 Å². The Morgan fingerprint density at radius 2 is 2.17 bits per heavy atom. The van der Waals surface area contributed by atoms with Gasteiger partial charge in [0.2, 0.25) is 0 Å². The maximum Gasteiger partial charge on any atom is 0.253 e. The fourth-order valence-electron chi connectivity index (χ4n) is 1.04. The van der Waals surface area contributed by atoms with E-state index in [-0.39, 0.29) is 0 Å². The van der Waals surface area contributed by atoms with E-state index in [1.807, 2.05) is 6.07 Å². The Morgan fingerprint density at radius 1 is 1.25 bits per heavy atom. The number of hydrogen-bond donors (Lipinski definition) is 0. The lowest BCUT2D eigenvalue weighted by Crippen LogP contribution is -1.86. The van der Waals surface area contributed by atoms with E-state index >= 15 is 0 Å². The lowest BCUT2D eigenvalue weighted by Gasteiger charge is -1.94. The summed E-state index contributed by atoms with van der Waals surface area (Å²) in [5, 5.41) is 1.88. The third-order valence-corrected chi connectivity index (χ3v) is 1.63. The fourth-order valence-corrected chi connectivity index (χ4v) is 1.04. The Morgan fingerprint density at radius 3 is 3.00 bits per heavy atom. The molecule has 2 aromatic heterocycles. The van der Waals surface area contributed by atoms with Gasteiger partial charge in [0.25, 0.3) is 6.29 Å². The quantitative estimate of drug-likeness (QED) is 0.622. The molecule has 0 unspecified atom stereocenters. The van der Waals surface area contributed by atoms with Crippen molar-refractivity contribution in [1.82, 2.24) is 9.97 Å². The van der Waals surface area contributed by atoms with Gasteiger partial charge in [0.05, 0.1) is 0 Å². The molecule has 0 aliphatic heterocycles. The first kappa shape index (κ1) is 6.91. The van der Waals surface area contributed by atoms with Crippen LogP contribution in [0.15, 0.2) is 30.7 Å². The van der Waals surface area contributed by atoms with E-state index in [2.05, 4.69) is 9.97 Å². The van der Waals surface area contributed by atoms with Crippen LogP contribution in [0.4, 0.5) is 0 Å². The molecule has 0 bridgehead atoms. The van der Waals surface area contributed by atoms with Crippen LogP contribution in [0.1, 0.15) is 5.69 Å². The Hall–Kier alpha value is -1.77. The van der Waals surface area contributed by atoms with Gasteiger partial charge in [-0.25, -0.2) is 0 Å². The van der Waals surface area contributed by atoms with Crippen LogP contribution in [0.2, 0.25) is 0 Å². The first-order valence-electron chi connectivity index (χ1n) is 3.48. The van der Waals surface area contributed by atoms with Crippen LogP contribution in [0.25, 0.3) is 10.8 Å².